The smallest absolute Gasteiger partial charge is 0.211 e. The van der Waals surface area contributed by atoms with Gasteiger partial charge in [-0.3, -0.25) is 9.59 Å². The van der Waals surface area contributed by atoms with Gasteiger partial charge in [0.25, 0.3) is 0 Å². The molecular weight excluding hydrogens is 214 g/mol. The number of allylic oxidation sites excluding steroid dienone is 2. The van der Waals surface area contributed by atoms with E-state index in [4.69, 9.17) is 0 Å². The first-order valence-electron chi connectivity index (χ1n) is 5.87. The second-order valence-corrected chi connectivity index (χ2v) is 4.09. The van der Waals surface area contributed by atoms with Crippen LogP contribution in [0.5, 0.6) is 0 Å². The van der Waals surface area contributed by atoms with E-state index in [-0.39, 0.29) is 5.78 Å². The van der Waals surface area contributed by atoms with Gasteiger partial charge in [-0.15, -0.1) is 0 Å². The van der Waals surface area contributed by atoms with Crippen molar-refractivity contribution in [3.63, 3.8) is 0 Å². The van der Waals surface area contributed by atoms with Crippen LogP contribution in [0.4, 0.5) is 0 Å². The van der Waals surface area contributed by atoms with E-state index in [1.165, 1.54) is 0 Å². The molecule has 1 aromatic rings. The number of fused-ring (bicyclic) bond motifs is 1. The SMILES string of the molecule is CCCCC1=C(NC=O)C(=O)c2ccccc21. The lowest BCUT2D eigenvalue weighted by Crippen LogP contribution is -2.16. The van der Waals surface area contributed by atoms with Crippen LogP contribution in [0, 0.1) is 0 Å². The van der Waals surface area contributed by atoms with Crippen molar-refractivity contribution in [2.24, 2.45) is 0 Å². The van der Waals surface area contributed by atoms with Crippen LogP contribution in [0.15, 0.2) is 30.0 Å². The van der Waals surface area contributed by atoms with Gasteiger partial charge >= 0.3 is 0 Å². The fourth-order valence-corrected chi connectivity index (χ4v) is 2.18. The molecule has 0 aromatic heterocycles. The molecule has 2 rings (SSSR count). The molecule has 0 saturated carbocycles. The fourth-order valence-electron chi connectivity index (χ4n) is 2.18. The molecule has 3 heteroatoms. The number of benzene rings is 1. The molecule has 0 saturated heterocycles. The summed E-state index contributed by atoms with van der Waals surface area (Å²) in [6.45, 7) is 2.11. The average molecular weight is 229 g/mol. The van der Waals surface area contributed by atoms with E-state index in [2.05, 4.69) is 12.2 Å². The summed E-state index contributed by atoms with van der Waals surface area (Å²) >= 11 is 0. The Morgan fingerprint density at radius 2 is 1.94 bits per heavy atom. The van der Waals surface area contributed by atoms with Gasteiger partial charge < -0.3 is 5.32 Å². The van der Waals surface area contributed by atoms with Gasteiger partial charge in [-0.25, -0.2) is 0 Å². The van der Waals surface area contributed by atoms with Crippen molar-refractivity contribution >= 4 is 17.8 Å². The Hall–Kier alpha value is -1.90. The number of hydrogen-bond donors (Lipinski definition) is 1. The summed E-state index contributed by atoms with van der Waals surface area (Å²) in [5.41, 5.74) is 3.09. The summed E-state index contributed by atoms with van der Waals surface area (Å²) in [6, 6.07) is 7.51. The minimum absolute atomic E-state index is 0.0706. The quantitative estimate of drug-likeness (QED) is 0.788. The third kappa shape index (κ3) is 2.00. The van der Waals surface area contributed by atoms with Gasteiger partial charge in [0.1, 0.15) is 0 Å². The molecule has 0 heterocycles. The Bertz CT molecular complexity index is 489. The Kier molecular flexibility index (Phi) is 3.38. The molecule has 17 heavy (non-hydrogen) atoms. The van der Waals surface area contributed by atoms with Crippen molar-refractivity contribution in [1.82, 2.24) is 5.32 Å². The van der Waals surface area contributed by atoms with E-state index >= 15 is 0 Å². The maximum absolute atomic E-state index is 12.1. The molecule has 0 spiro atoms. The molecule has 1 aromatic carbocycles. The zero-order chi connectivity index (χ0) is 12.3. The van der Waals surface area contributed by atoms with Crippen LogP contribution in [-0.4, -0.2) is 12.2 Å². The van der Waals surface area contributed by atoms with Gasteiger partial charge in [0.2, 0.25) is 12.2 Å². The van der Waals surface area contributed by atoms with E-state index in [0.29, 0.717) is 17.7 Å². The lowest BCUT2D eigenvalue weighted by Gasteiger charge is -2.05. The molecule has 0 aliphatic heterocycles. The molecule has 0 bridgehead atoms. The minimum Gasteiger partial charge on any atom is -0.325 e. The van der Waals surface area contributed by atoms with Gasteiger partial charge in [-0.2, -0.15) is 0 Å². The largest absolute Gasteiger partial charge is 0.325 e. The van der Waals surface area contributed by atoms with Crippen molar-refractivity contribution in [1.29, 1.82) is 0 Å². The minimum atomic E-state index is -0.0706. The molecule has 0 atom stereocenters. The maximum Gasteiger partial charge on any atom is 0.211 e. The van der Waals surface area contributed by atoms with Crippen molar-refractivity contribution in [2.45, 2.75) is 26.2 Å². The molecule has 1 N–H and O–H groups in total. The number of nitrogens with one attached hydrogen (secondary N) is 1. The molecular formula is C14H15NO2. The van der Waals surface area contributed by atoms with Crippen LogP contribution < -0.4 is 5.32 Å². The number of unbranched alkanes of at least 4 members (excludes halogenated alkanes) is 1. The number of ketones is 1. The van der Waals surface area contributed by atoms with Crippen molar-refractivity contribution in [3.05, 3.63) is 41.1 Å². The fraction of sp³-hybridized carbons (Fsp3) is 0.286. The highest BCUT2D eigenvalue weighted by Gasteiger charge is 2.28. The molecule has 3 nitrogen and oxygen atoms in total. The van der Waals surface area contributed by atoms with Crippen LogP contribution in [0.2, 0.25) is 0 Å². The molecule has 1 amide bonds. The highest BCUT2D eigenvalue weighted by molar-refractivity contribution is 6.21. The zero-order valence-corrected chi connectivity index (χ0v) is 9.82. The molecule has 0 fully saturated rings. The second-order valence-electron chi connectivity index (χ2n) is 4.09. The average Bonchev–Trinajstić information content (AvgIpc) is 2.62. The Morgan fingerprint density at radius 1 is 1.24 bits per heavy atom. The third-order valence-corrected chi connectivity index (χ3v) is 3.01. The summed E-state index contributed by atoms with van der Waals surface area (Å²) in [5, 5.41) is 2.55. The maximum atomic E-state index is 12.1. The van der Waals surface area contributed by atoms with Crippen LogP contribution in [0.1, 0.15) is 42.1 Å². The van der Waals surface area contributed by atoms with E-state index in [1.807, 2.05) is 24.3 Å². The van der Waals surface area contributed by atoms with Gasteiger partial charge in [-0.1, -0.05) is 37.6 Å². The van der Waals surface area contributed by atoms with Gasteiger partial charge in [0.15, 0.2) is 0 Å². The van der Waals surface area contributed by atoms with E-state index in [1.54, 1.807) is 0 Å². The zero-order valence-electron chi connectivity index (χ0n) is 9.82. The number of carbonyl (C=O) groups excluding carboxylic acids is 2. The van der Waals surface area contributed by atoms with E-state index in [0.717, 1.165) is 30.4 Å². The molecule has 88 valence electrons. The summed E-state index contributed by atoms with van der Waals surface area (Å²) in [4.78, 5) is 22.7. The molecule has 0 unspecified atom stereocenters. The summed E-state index contributed by atoms with van der Waals surface area (Å²) in [5.74, 6) is -0.0706. The normalized spacial score (nSPS) is 13.8. The number of carbonyl (C=O) groups is 2. The van der Waals surface area contributed by atoms with E-state index in [9.17, 15) is 9.59 Å². The molecule has 0 radical (unpaired) electrons. The predicted molar refractivity (Wildman–Crippen MR) is 66.4 cm³/mol. The lowest BCUT2D eigenvalue weighted by molar-refractivity contribution is -0.108. The molecule has 1 aliphatic rings. The van der Waals surface area contributed by atoms with Crippen molar-refractivity contribution in [3.8, 4) is 0 Å². The Labute approximate surface area is 101 Å². The van der Waals surface area contributed by atoms with Gasteiger partial charge in [0.05, 0.1) is 5.70 Å². The van der Waals surface area contributed by atoms with Crippen LogP contribution in [0.25, 0.3) is 5.57 Å². The first kappa shape index (κ1) is 11.6. The Morgan fingerprint density at radius 3 is 2.59 bits per heavy atom. The van der Waals surface area contributed by atoms with Crippen molar-refractivity contribution in [2.75, 3.05) is 0 Å². The molecule has 1 aliphatic carbocycles. The van der Waals surface area contributed by atoms with E-state index < -0.39 is 0 Å². The third-order valence-electron chi connectivity index (χ3n) is 3.01. The first-order chi connectivity index (χ1) is 8.29. The summed E-state index contributed by atoms with van der Waals surface area (Å²) in [6.07, 6.45) is 3.48. The highest BCUT2D eigenvalue weighted by Crippen LogP contribution is 2.34. The Balaban J connectivity index is 2.43. The monoisotopic (exact) mass is 229 g/mol. The number of amides is 1. The highest BCUT2D eigenvalue weighted by atomic mass is 16.1. The summed E-state index contributed by atoms with van der Waals surface area (Å²) < 4.78 is 0. The predicted octanol–water partition coefficient (Wildman–Crippen LogP) is 2.53. The van der Waals surface area contributed by atoms with Crippen LogP contribution >= 0.6 is 0 Å². The lowest BCUT2D eigenvalue weighted by atomic mass is 10.0. The van der Waals surface area contributed by atoms with Gasteiger partial charge in [-0.05, 0) is 24.0 Å². The topological polar surface area (TPSA) is 46.2 Å². The number of hydrogen-bond acceptors (Lipinski definition) is 2. The number of Topliss-reactive ketones (excluding diaryl/α,β-unsaturated/α-hetero) is 1. The summed E-state index contributed by atoms with van der Waals surface area (Å²) in [7, 11) is 0. The van der Waals surface area contributed by atoms with Gasteiger partial charge in [0, 0.05) is 5.56 Å². The van der Waals surface area contributed by atoms with Crippen LogP contribution in [0.3, 0.4) is 0 Å². The second kappa shape index (κ2) is 4.95. The standard InChI is InChI=1S/C14H15NO2/c1-2-3-6-11-10-7-4-5-8-12(10)14(17)13(11)15-9-16/h4-5,7-9H,2-3,6H2,1H3,(H,15,16,17). The van der Waals surface area contributed by atoms with Crippen LogP contribution in [-0.2, 0) is 4.79 Å². The van der Waals surface area contributed by atoms with Crippen molar-refractivity contribution < 1.29 is 9.59 Å². The number of rotatable bonds is 5. The first-order valence-corrected chi connectivity index (χ1v) is 5.87.